The minimum Gasteiger partial charge on any atom is -0.411 e. The second kappa shape index (κ2) is 9.45. The highest BCUT2D eigenvalue weighted by atomic mass is 32.2. The predicted octanol–water partition coefficient (Wildman–Crippen LogP) is 5.59. The topological polar surface area (TPSA) is 80.9 Å². The van der Waals surface area contributed by atoms with E-state index in [9.17, 15) is 4.79 Å². The van der Waals surface area contributed by atoms with Crippen LogP contribution in [-0.2, 0) is 17.0 Å². The second-order valence-electron chi connectivity index (χ2n) is 7.36. The number of hydrogen-bond donors (Lipinski definition) is 1. The van der Waals surface area contributed by atoms with Crippen molar-refractivity contribution < 1.29 is 9.21 Å². The molecule has 0 bridgehead atoms. The van der Waals surface area contributed by atoms with E-state index < -0.39 is 0 Å². The number of thioether (sulfide) groups is 1. The summed E-state index contributed by atoms with van der Waals surface area (Å²) in [6, 6.07) is 13.9. The van der Waals surface area contributed by atoms with Gasteiger partial charge in [-0.2, -0.15) is 0 Å². The lowest BCUT2D eigenvalue weighted by molar-refractivity contribution is -0.115. The van der Waals surface area contributed by atoms with Crippen molar-refractivity contribution in [3.8, 4) is 11.5 Å². The Hall–Kier alpha value is -2.97. The summed E-state index contributed by atoms with van der Waals surface area (Å²) in [7, 11) is 0. The fraction of sp³-hybridized carbons (Fsp3) is 0.217. The Morgan fingerprint density at radius 3 is 2.52 bits per heavy atom. The molecular formula is C23H22N4O2S2. The molecule has 1 N–H and O–H groups in total. The lowest BCUT2D eigenvalue weighted by Crippen LogP contribution is -2.14. The molecule has 0 aliphatic rings. The summed E-state index contributed by atoms with van der Waals surface area (Å²) in [5.41, 5.74) is 6.07. The summed E-state index contributed by atoms with van der Waals surface area (Å²) >= 11 is 2.92. The Morgan fingerprint density at radius 1 is 1.03 bits per heavy atom. The molecule has 8 heteroatoms. The van der Waals surface area contributed by atoms with Crippen LogP contribution in [0.2, 0.25) is 0 Å². The average molecular weight is 451 g/mol. The Bertz CT molecular complexity index is 1180. The molecule has 0 aliphatic carbocycles. The van der Waals surface area contributed by atoms with Crippen LogP contribution in [0.4, 0.5) is 5.69 Å². The van der Waals surface area contributed by atoms with Gasteiger partial charge in [-0.25, -0.2) is 4.98 Å². The number of hydrogen-bond acceptors (Lipinski definition) is 7. The Kier molecular flexibility index (Phi) is 6.48. The van der Waals surface area contributed by atoms with Gasteiger partial charge in [-0.05, 0) is 45.0 Å². The van der Waals surface area contributed by atoms with Crippen LogP contribution in [0.15, 0.2) is 57.5 Å². The zero-order chi connectivity index (χ0) is 21.8. The zero-order valence-corrected chi connectivity index (χ0v) is 19.1. The molecule has 158 valence electrons. The summed E-state index contributed by atoms with van der Waals surface area (Å²) in [5, 5.41) is 14.4. The van der Waals surface area contributed by atoms with Gasteiger partial charge in [0.25, 0.3) is 5.22 Å². The van der Waals surface area contributed by atoms with Gasteiger partial charge in [-0.1, -0.05) is 46.7 Å². The molecule has 0 atom stereocenters. The summed E-state index contributed by atoms with van der Waals surface area (Å²) in [4.78, 5) is 16.8. The van der Waals surface area contributed by atoms with Crippen LogP contribution in [0.3, 0.4) is 0 Å². The number of nitrogens with one attached hydrogen (secondary N) is 1. The van der Waals surface area contributed by atoms with Crippen molar-refractivity contribution >= 4 is 34.7 Å². The van der Waals surface area contributed by atoms with Crippen molar-refractivity contribution in [2.45, 2.75) is 38.2 Å². The fourth-order valence-corrected chi connectivity index (χ4v) is 4.65. The van der Waals surface area contributed by atoms with Gasteiger partial charge in [0.05, 0.1) is 12.1 Å². The van der Waals surface area contributed by atoms with E-state index in [1.165, 1.54) is 23.1 Å². The predicted molar refractivity (Wildman–Crippen MR) is 124 cm³/mol. The zero-order valence-electron chi connectivity index (χ0n) is 17.5. The third-order valence-electron chi connectivity index (χ3n) is 4.47. The summed E-state index contributed by atoms with van der Waals surface area (Å²) in [5.74, 6) is 1.04. The first-order valence-electron chi connectivity index (χ1n) is 9.79. The molecule has 0 aliphatic heterocycles. The third-order valence-corrected chi connectivity index (χ3v) is 6.21. The molecule has 0 unspecified atom stereocenters. The van der Waals surface area contributed by atoms with Crippen LogP contribution < -0.4 is 5.32 Å². The lowest BCUT2D eigenvalue weighted by Gasteiger charge is -2.04. The van der Waals surface area contributed by atoms with Crippen molar-refractivity contribution in [3.05, 3.63) is 75.2 Å². The van der Waals surface area contributed by atoms with E-state index in [0.29, 0.717) is 16.9 Å². The van der Waals surface area contributed by atoms with E-state index in [-0.39, 0.29) is 12.3 Å². The van der Waals surface area contributed by atoms with Crippen molar-refractivity contribution in [1.82, 2.24) is 15.2 Å². The highest BCUT2D eigenvalue weighted by Gasteiger charge is 2.12. The maximum Gasteiger partial charge on any atom is 0.277 e. The standard InChI is InChI=1S/C23H22N4O2S2/c1-14-4-6-18(7-5-14)24-20(28)11-21-25-19(12-30-21)13-31-23-27-26-22(29-23)17-9-15(2)8-16(3)10-17/h4-10,12H,11,13H2,1-3H3,(H,24,28). The number of nitrogens with zero attached hydrogens (tertiary/aromatic N) is 3. The number of carbonyl (C=O) groups is 1. The second-order valence-corrected chi connectivity index (χ2v) is 9.23. The Morgan fingerprint density at radius 2 is 1.77 bits per heavy atom. The van der Waals surface area contributed by atoms with Gasteiger partial charge in [-0.3, -0.25) is 4.79 Å². The van der Waals surface area contributed by atoms with Crippen LogP contribution in [0, 0.1) is 20.8 Å². The molecular weight excluding hydrogens is 428 g/mol. The number of carbonyl (C=O) groups excluding carboxylic acids is 1. The minimum atomic E-state index is -0.0765. The molecule has 0 spiro atoms. The molecule has 2 aromatic heterocycles. The molecule has 6 nitrogen and oxygen atoms in total. The largest absolute Gasteiger partial charge is 0.411 e. The van der Waals surface area contributed by atoms with Gasteiger partial charge in [0, 0.05) is 22.4 Å². The van der Waals surface area contributed by atoms with Gasteiger partial charge in [0.15, 0.2) is 0 Å². The van der Waals surface area contributed by atoms with Crippen LogP contribution in [0.25, 0.3) is 11.5 Å². The number of amides is 1. The maximum atomic E-state index is 12.3. The highest BCUT2D eigenvalue weighted by Crippen LogP contribution is 2.27. The summed E-state index contributed by atoms with van der Waals surface area (Å²) < 4.78 is 5.80. The molecule has 4 rings (SSSR count). The molecule has 2 aromatic carbocycles. The van der Waals surface area contributed by atoms with Gasteiger partial charge >= 0.3 is 0 Å². The Labute approximate surface area is 189 Å². The van der Waals surface area contributed by atoms with Crippen LogP contribution in [0.5, 0.6) is 0 Å². The average Bonchev–Trinajstić information content (AvgIpc) is 3.37. The molecule has 0 radical (unpaired) electrons. The quantitative estimate of drug-likeness (QED) is 0.370. The van der Waals surface area contributed by atoms with Gasteiger partial charge < -0.3 is 9.73 Å². The van der Waals surface area contributed by atoms with Gasteiger partial charge in [0.1, 0.15) is 5.01 Å². The normalized spacial score (nSPS) is 10.9. The number of rotatable bonds is 7. The van der Waals surface area contributed by atoms with Crippen LogP contribution in [0.1, 0.15) is 27.4 Å². The maximum absolute atomic E-state index is 12.3. The Balaban J connectivity index is 1.32. The van der Waals surface area contributed by atoms with E-state index in [1.807, 2.05) is 62.5 Å². The number of aromatic nitrogens is 3. The van der Waals surface area contributed by atoms with E-state index in [0.717, 1.165) is 38.6 Å². The van der Waals surface area contributed by atoms with Crippen molar-refractivity contribution in [3.63, 3.8) is 0 Å². The minimum absolute atomic E-state index is 0.0765. The van der Waals surface area contributed by atoms with Crippen molar-refractivity contribution in [2.24, 2.45) is 0 Å². The van der Waals surface area contributed by atoms with Crippen molar-refractivity contribution in [2.75, 3.05) is 5.32 Å². The summed E-state index contributed by atoms with van der Waals surface area (Å²) in [6.07, 6.45) is 0.251. The number of thiazole rings is 1. The first-order chi connectivity index (χ1) is 14.9. The molecule has 0 saturated carbocycles. The lowest BCUT2D eigenvalue weighted by atomic mass is 10.1. The van der Waals surface area contributed by atoms with Crippen LogP contribution in [-0.4, -0.2) is 21.1 Å². The van der Waals surface area contributed by atoms with E-state index in [4.69, 9.17) is 4.42 Å². The molecule has 1 amide bonds. The van der Waals surface area contributed by atoms with Crippen molar-refractivity contribution in [1.29, 1.82) is 0 Å². The highest BCUT2D eigenvalue weighted by molar-refractivity contribution is 7.98. The van der Waals surface area contributed by atoms with E-state index in [1.54, 1.807) is 0 Å². The smallest absolute Gasteiger partial charge is 0.277 e. The molecule has 0 saturated heterocycles. The SMILES string of the molecule is Cc1ccc(NC(=O)Cc2nc(CSc3nnc(-c4cc(C)cc(C)c4)o3)cs2)cc1. The van der Waals surface area contributed by atoms with Crippen LogP contribution >= 0.6 is 23.1 Å². The van der Waals surface area contributed by atoms with Gasteiger partial charge in [0.2, 0.25) is 11.8 Å². The van der Waals surface area contributed by atoms with E-state index >= 15 is 0 Å². The summed E-state index contributed by atoms with van der Waals surface area (Å²) in [6.45, 7) is 6.10. The third kappa shape index (κ3) is 5.80. The first kappa shape index (κ1) is 21.3. The molecule has 4 aromatic rings. The fourth-order valence-electron chi connectivity index (χ4n) is 3.09. The molecule has 2 heterocycles. The van der Waals surface area contributed by atoms with E-state index in [2.05, 4.69) is 26.6 Å². The molecule has 31 heavy (non-hydrogen) atoms. The number of anilines is 1. The molecule has 0 fully saturated rings. The van der Waals surface area contributed by atoms with Gasteiger partial charge in [-0.15, -0.1) is 21.5 Å². The first-order valence-corrected chi connectivity index (χ1v) is 11.7. The number of aryl methyl sites for hydroxylation is 3. The number of benzene rings is 2. The monoisotopic (exact) mass is 450 g/mol.